The van der Waals surface area contributed by atoms with Gasteiger partial charge in [0.1, 0.15) is 0 Å². The van der Waals surface area contributed by atoms with Crippen molar-refractivity contribution in [2.45, 2.75) is 6.42 Å². The Kier molecular flexibility index (Phi) is 4.12. The maximum absolute atomic E-state index is 12.8. The highest BCUT2D eigenvalue weighted by Gasteiger charge is 2.33. The third kappa shape index (κ3) is 3.73. The Morgan fingerprint density at radius 3 is 2.65 bits per heavy atom. The highest BCUT2D eigenvalue weighted by Crippen LogP contribution is 2.28. The maximum atomic E-state index is 12.8. The molecule has 2 aromatic rings. The largest absolute Gasteiger partial charge is 0.312 e. The molecule has 1 aliphatic rings. The van der Waals surface area contributed by atoms with Gasteiger partial charge in [0.25, 0.3) is 0 Å². The number of halogens is 1. The van der Waals surface area contributed by atoms with Crippen LogP contribution >= 0.6 is 0 Å². The average molecular weight is 334 g/mol. The van der Waals surface area contributed by atoms with Gasteiger partial charge in [0.2, 0.25) is 5.91 Å². The number of benzene rings is 1. The fourth-order valence-electron chi connectivity index (χ4n) is 2.78. The van der Waals surface area contributed by atoms with Gasteiger partial charge in [-0.1, -0.05) is 30.3 Å². The first-order valence-corrected chi connectivity index (χ1v) is 8.72. The molecule has 0 spiro atoms. The van der Waals surface area contributed by atoms with E-state index >= 15 is 0 Å². The summed E-state index contributed by atoms with van der Waals surface area (Å²) >= 11 is 0. The van der Waals surface area contributed by atoms with E-state index in [1.807, 2.05) is 30.3 Å². The van der Waals surface area contributed by atoms with Crippen LogP contribution in [0.25, 0.3) is 11.3 Å². The highest BCUT2D eigenvalue weighted by atomic mass is 32.3. The Bertz CT molecular complexity index is 824. The number of hydrogen-bond acceptors (Lipinski definition) is 4. The van der Waals surface area contributed by atoms with Crippen molar-refractivity contribution in [1.29, 1.82) is 0 Å². The van der Waals surface area contributed by atoms with Gasteiger partial charge < -0.3 is 4.90 Å². The van der Waals surface area contributed by atoms with Crippen molar-refractivity contribution < 1.29 is 17.1 Å². The zero-order chi connectivity index (χ0) is 16.4. The van der Waals surface area contributed by atoms with Crippen molar-refractivity contribution in [3.8, 4) is 11.3 Å². The number of anilines is 1. The summed E-state index contributed by atoms with van der Waals surface area (Å²) in [4.78, 5) is 17.9. The molecule has 120 valence electrons. The number of amides is 1. The lowest BCUT2D eigenvalue weighted by molar-refractivity contribution is -0.117. The van der Waals surface area contributed by atoms with Gasteiger partial charge in [-0.3, -0.25) is 9.78 Å². The number of pyridine rings is 1. The molecule has 7 heteroatoms. The van der Waals surface area contributed by atoms with Gasteiger partial charge in [0.05, 0.1) is 11.4 Å². The van der Waals surface area contributed by atoms with Crippen molar-refractivity contribution in [1.82, 2.24) is 4.98 Å². The Balaban J connectivity index is 1.84. The molecule has 1 aliphatic heterocycles. The van der Waals surface area contributed by atoms with Crippen LogP contribution in [0.4, 0.5) is 9.57 Å². The zero-order valence-corrected chi connectivity index (χ0v) is 13.0. The summed E-state index contributed by atoms with van der Waals surface area (Å²) in [7, 11) is -4.58. The van der Waals surface area contributed by atoms with Crippen molar-refractivity contribution >= 4 is 21.8 Å². The summed E-state index contributed by atoms with van der Waals surface area (Å²) in [6.45, 7) is 0.195. The molecule has 2 heterocycles. The molecule has 1 unspecified atom stereocenters. The summed E-state index contributed by atoms with van der Waals surface area (Å²) in [6, 6.07) is 13.0. The number of carbonyl (C=O) groups excluding carboxylic acids is 1. The van der Waals surface area contributed by atoms with Crippen LogP contribution < -0.4 is 4.90 Å². The number of rotatable bonds is 4. The van der Waals surface area contributed by atoms with Gasteiger partial charge in [-0.05, 0) is 12.1 Å². The molecule has 1 amide bonds. The minimum absolute atomic E-state index is 0.0339. The molecule has 0 radical (unpaired) electrons. The molecular weight excluding hydrogens is 319 g/mol. The molecule has 1 aromatic heterocycles. The first-order valence-electron chi connectivity index (χ1n) is 7.16. The van der Waals surface area contributed by atoms with E-state index in [2.05, 4.69) is 4.98 Å². The van der Waals surface area contributed by atoms with Crippen LogP contribution in [0.15, 0.2) is 48.7 Å². The van der Waals surface area contributed by atoms with Gasteiger partial charge in [-0.25, -0.2) is 0 Å². The Labute approximate surface area is 134 Å². The normalized spacial score (nSPS) is 18.4. The molecule has 1 saturated heterocycles. The van der Waals surface area contributed by atoms with Crippen LogP contribution in [0.1, 0.15) is 6.42 Å². The van der Waals surface area contributed by atoms with Gasteiger partial charge in [-0.2, -0.15) is 8.42 Å². The molecule has 0 aliphatic carbocycles. The third-order valence-corrected chi connectivity index (χ3v) is 4.63. The van der Waals surface area contributed by atoms with E-state index < -0.39 is 21.9 Å². The van der Waals surface area contributed by atoms with E-state index in [0.29, 0.717) is 5.69 Å². The van der Waals surface area contributed by atoms with E-state index in [4.69, 9.17) is 0 Å². The molecular formula is C16H15FN2O3S. The summed E-state index contributed by atoms with van der Waals surface area (Å²) in [6.07, 6.45) is 1.64. The molecule has 23 heavy (non-hydrogen) atoms. The van der Waals surface area contributed by atoms with E-state index in [1.54, 1.807) is 18.3 Å². The smallest absolute Gasteiger partial charge is 0.302 e. The number of hydrogen-bond donors (Lipinski definition) is 0. The lowest BCUT2D eigenvalue weighted by Crippen LogP contribution is -2.25. The van der Waals surface area contributed by atoms with Crippen molar-refractivity contribution in [3.05, 3.63) is 48.7 Å². The standard InChI is InChI=1S/C16H15FN2O3S/c17-23(21,22)11-12-8-16(20)19(10-12)14-6-7-18-15(9-14)13-4-2-1-3-5-13/h1-7,9,12H,8,10-11H2. The Morgan fingerprint density at radius 2 is 1.96 bits per heavy atom. The Morgan fingerprint density at radius 1 is 1.22 bits per heavy atom. The highest BCUT2D eigenvalue weighted by molar-refractivity contribution is 7.86. The molecule has 1 fully saturated rings. The van der Waals surface area contributed by atoms with Gasteiger partial charge in [-0.15, -0.1) is 3.89 Å². The van der Waals surface area contributed by atoms with Gasteiger partial charge >= 0.3 is 10.2 Å². The molecule has 3 rings (SSSR count). The van der Waals surface area contributed by atoms with Crippen LogP contribution in [0.2, 0.25) is 0 Å². The number of carbonyl (C=O) groups is 1. The lowest BCUT2D eigenvalue weighted by Gasteiger charge is -2.17. The summed E-state index contributed by atoms with van der Waals surface area (Å²) in [5, 5.41) is 0. The summed E-state index contributed by atoms with van der Waals surface area (Å²) < 4.78 is 34.4. The second-order valence-electron chi connectivity index (χ2n) is 5.55. The molecule has 0 saturated carbocycles. The van der Waals surface area contributed by atoms with Crippen LogP contribution in [-0.2, 0) is 15.0 Å². The zero-order valence-electron chi connectivity index (χ0n) is 12.2. The molecule has 0 N–H and O–H groups in total. The van der Waals surface area contributed by atoms with E-state index in [9.17, 15) is 17.1 Å². The SMILES string of the molecule is O=C1CC(CS(=O)(=O)F)CN1c1ccnc(-c2ccccc2)c1. The van der Waals surface area contributed by atoms with Crippen LogP contribution in [0.3, 0.4) is 0 Å². The summed E-state index contributed by atoms with van der Waals surface area (Å²) in [5.41, 5.74) is 2.28. The van der Waals surface area contributed by atoms with Gasteiger partial charge in [0.15, 0.2) is 0 Å². The third-order valence-electron chi connectivity index (χ3n) is 3.76. The second kappa shape index (κ2) is 6.08. The predicted molar refractivity (Wildman–Crippen MR) is 85.0 cm³/mol. The molecule has 1 aromatic carbocycles. The van der Waals surface area contributed by atoms with Crippen molar-refractivity contribution in [2.75, 3.05) is 17.2 Å². The van der Waals surface area contributed by atoms with E-state index in [-0.39, 0.29) is 18.9 Å². The quantitative estimate of drug-likeness (QED) is 0.805. The summed E-state index contributed by atoms with van der Waals surface area (Å²) in [5.74, 6) is -1.35. The van der Waals surface area contributed by atoms with Crippen molar-refractivity contribution in [2.24, 2.45) is 5.92 Å². The minimum Gasteiger partial charge on any atom is -0.312 e. The van der Waals surface area contributed by atoms with E-state index in [1.165, 1.54) is 4.90 Å². The maximum Gasteiger partial charge on any atom is 0.302 e. The topological polar surface area (TPSA) is 67.3 Å². The molecule has 5 nitrogen and oxygen atoms in total. The second-order valence-corrected chi connectivity index (χ2v) is 6.96. The minimum atomic E-state index is -4.58. The first kappa shape index (κ1) is 15.6. The molecule has 0 bridgehead atoms. The van der Waals surface area contributed by atoms with E-state index in [0.717, 1.165) is 11.3 Å². The monoisotopic (exact) mass is 334 g/mol. The van der Waals surface area contributed by atoms with Crippen LogP contribution in [0.5, 0.6) is 0 Å². The van der Waals surface area contributed by atoms with Crippen molar-refractivity contribution in [3.63, 3.8) is 0 Å². The predicted octanol–water partition coefficient (Wildman–Crippen LogP) is 2.40. The van der Waals surface area contributed by atoms with Gasteiger partial charge in [0, 0.05) is 36.3 Å². The Hall–Kier alpha value is -2.28. The fourth-order valence-corrected chi connectivity index (χ4v) is 3.56. The van der Waals surface area contributed by atoms with Crippen LogP contribution in [-0.4, -0.2) is 31.6 Å². The number of nitrogens with zero attached hydrogens (tertiary/aromatic N) is 2. The average Bonchev–Trinajstić information content (AvgIpc) is 2.87. The first-order chi connectivity index (χ1) is 10.9. The number of aromatic nitrogens is 1. The van der Waals surface area contributed by atoms with Crippen LogP contribution in [0, 0.1) is 5.92 Å². The fraction of sp³-hybridized carbons (Fsp3) is 0.250. The molecule has 1 atom stereocenters. The lowest BCUT2D eigenvalue weighted by atomic mass is 10.1.